The molecule has 0 amide bonds. The third-order valence-corrected chi connectivity index (χ3v) is 2.01. The number of methoxy groups -OCH3 is 1. The molecule has 2 unspecified atom stereocenters. The van der Waals surface area contributed by atoms with Crippen molar-refractivity contribution in [2.45, 2.75) is 12.1 Å². The Balaban J connectivity index is 2.54. The molecule has 0 aromatic heterocycles. The molecule has 84 valence electrons. The van der Waals surface area contributed by atoms with Crippen LogP contribution in [0.3, 0.4) is 0 Å². The molecule has 2 N–H and O–H groups in total. The second kappa shape index (κ2) is 5.47. The number of hydrogen-bond donors (Lipinski definition) is 1. The lowest BCUT2D eigenvalue weighted by Crippen LogP contribution is -2.39. The van der Waals surface area contributed by atoms with E-state index in [0.29, 0.717) is 19.0 Å². The Bertz CT molecular complexity index is 288. The van der Waals surface area contributed by atoms with Gasteiger partial charge in [0.15, 0.2) is 0 Å². The van der Waals surface area contributed by atoms with E-state index in [1.165, 1.54) is 6.08 Å². The normalized spacial score (nSPS) is 24.8. The van der Waals surface area contributed by atoms with Crippen molar-refractivity contribution in [1.82, 2.24) is 0 Å². The molecule has 0 spiro atoms. The average molecular weight is 214 g/mol. The molecule has 0 saturated heterocycles. The van der Waals surface area contributed by atoms with E-state index >= 15 is 0 Å². The number of ether oxygens (including phenoxy) is 2. The Morgan fingerprint density at radius 3 is 2.93 bits per heavy atom. The Morgan fingerprint density at radius 2 is 2.33 bits per heavy atom. The summed E-state index contributed by atoms with van der Waals surface area (Å²) in [6.45, 7) is 0.812. The Labute approximate surface area is 87.5 Å². The monoisotopic (exact) mass is 214 g/mol. The molecule has 0 bridgehead atoms. The highest BCUT2D eigenvalue weighted by Crippen LogP contribution is 2.13. The van der Waals surface area contributed by atoms with Gasteiger partial charge in [-0.05, 0) is 6.08 Å². The minimum atomic E-state index is -0.910. The van der Waals surface area contributed by atoms with Crippen molar-refractivity contribution in [3.05, 3.63) is 34.1 Å². The zero-order chi connectivity index (χ0) is 11.3. The first-order chi connectivity index (χ1) is 7.15. The quantitative estimate of drug-likeness (QED) is 0.397. The number of nitro groups is 1. The Hall–Kier alpha value is -1.40. The fourth-order valence-electron chi connectivity index (χ4n) is 1.20. The number of rotatable bonds is 5. The highest BCUT2D eigenvalue weighted by molar-refractivity contribution is 5.23. The third kappa shape index (κ3) is 3.34. The summed E-state index contributed by atoms with van der Waals surface area (Å²) < 4.78 is 10.0. The van der Waals surface area contributed by atoms with E-state index in [4.69, 9.17) is 15.2 Å². The molecule has 0 fully saturated rings. The molecule has 1 aliphatic carbocycles. The van der Waals surface area contributed by atoms with Crippen molar-refractivity contribution in [2.24, 2.45) is 5.73 Å². The molecule has 0 aromatic rings. The van der Waals surface area contributed by atoms with Crippen molar-refractivity contribution in [3.8, 4) is 0 Å². The smallest absolute Gasteiger partial charge is 0.253 e. The predicted molar refractivity (Wildman–Crippen MR) is 53.8 cm³/mol. The molecule has 2 atom stereocenters. The summed E-state index contributed by atoms with van der Waals surface area (Å²) in [5.41, 5.74) is 5.54. The van der Waals surface area contributed by atoms with Gasteiger partial charge in [-0.15, -0.1) is 0 Å². The first-order valence-electron chi connectivity index (χ1n) is 4.56. The molecule has 1 aliphatic rings. The molecule has 0 aromatic carbocycles. The van der Waals surface area contributed by atoms with Gasteiger partial charge in [-0.25, -0.2) is 0 Å². The van der Waals surface area contributed by atoms with Crippen molar-refractivity contribution in [1.29, 1.82) is 0 Å². The molecule has 0 heterocycles. The fraction of sp³-hybridized carbons (Fsp3) is 0.556. The van der Waals surface area contributed by atoms with Crippen LogP contribution < -0.4 is 5.73 Å². The molecule has 6 nitrogen and oxygen atoms in total. The standard InChI is InChI=1S/C9H14N2O4/c1-14-4-5-15-7-2-3-8(10)9(6-7)11(12)13/h2-3,6,8-9H,4-5,10H2,1H3. The number of hydrogen-bond acceptors (Lipinski definition) is 5. The van der Waals surface area contributed by atoms with E-state index in [2.05, 4.69) is 0 Å². The van der Waals surface area contributed by atoms with Crippen LogP contribution in [-0.2, 0) is 9.47 Å². The van der Waals surface area contributed by atoms with Crippen LogP contribution in [0.25, 0.3) is 0 Å². The summed E-state index contributed by atoms with van der Waals surface area (Å²) in [6, 6.07) is -1.50. The van der Waals surface area contributed by atoms with Gasteiger partial charge in [0.25, 0.3) is 6.04 Å². The predicted octanol–water partition coefficient (Wildman–Crippen LogP) is 0.0757. The minimum Gasteiger partial charge on any atom is -0.491 e. The van der Waals surface area contributed by atoms with Crippen LogP contribution in [0.5, 0.6) is 0 Å². The Morgan fingerprint density at radius 1 is 1.60 bits per heavy atom. The lowest BCUT2D eigenvalue weighted by Gasteiger charge is -2.16. The van der Waals surface area contributed by atoms with E-state index in [1.807, 2.05) is 0 Å². The molecule has 0 aliphatic heterocycles. The van der Waals surface area contributed by atoms with Gasteiger partial charge in [0, 0.05) is 18.1 Å². The van der Waals surface area contributed by atoms with E-state index in [1.54, 1.807) is 19.3 Å². The van der Waals surface area contributed by atoms with Gasteiger partial charge < -0.3 is 15.2 Å². The largest absolute Gasteiger partial charge is 0.491 e. The number of allylic oxidation sites excluding steroid dienone is 1. The van der Waals surface area contributed by atoms with Crippen LogP contribution in [0.15, 0.2) is 24.0 Å². The van der Waals surface area contributed by atoms with Crippen LogP contribution >= 0.6 is 0 Å². The first kappa shape index (κ1) is 11.7. The maximum Gasteiger partial charge on any atom is 0.253 e. The summed E-state index contributed by atoms with van der Waals surface area (Å²) in [7, 11) is 1.56. The second-order valence-electron chi connectivity index (χ2n) is 3.12. The van der Waals surface area contributed by atoms with E-state index < -0.39 is 17.0 Å². The van der Waals surface area contributed by atoms with Crippen LogP contribution in [0.2, 0.25) is 0 Å². The fourth-order valence-corrected chi connectivity index (χ4v) is 1.20. The van der Waals surface area contributed by atoms with Crippen LogP contribution in [-0.4, -0.2) is 37.3 Å². The minimum absolute atomic E-state index is 0.367. The van der Waals surface area contributed by atoms with Gasteiger partial charge in [0.05, 0.1) is 12.6 Å². The maximum absolute atomic E-state index is 10.6. The van der Waals surface area contributed by atoms with E-state index in [0.717, 1.165) is 0 Å². The van der Waals surface area contributed by atoms with Crippen molar-refractivity contribution in [2.75, 3.05) is 20.3 Å². The molecule has 1 rings (SSSR count). The third-order valence-electron chi connectivity index (χ3n) is 2.01. The van der Waals surface area contributed by atoms with Crippen molar-refractivity contribution >= 4 is 0 Å². The summed E-state index contributed by atoms with van der Waals surface area (Å²) in [5, 5.41) is 10.6. The topological polar surface area (TPSA) is 87.6 Å². The van der Waals surface area contributed by atoms with Gasteiger partial charge in [0.1, 0.15) is 12.4 Å². The van der Waals surface area contributed by atoms with Crippen molar-refractivity contribution in [3.63, 3.8) is 0 Å². The molecular formula is C9H14N2O4. The van der Waals surface area contributed by atoms with Crippen molar-refractivity contribution < 1.29 is 14.4 Å². The lowest BCUT2D eigenvalue weighted by molar-refractivity contribution is -0.511. The summed E-state index contributed by atoms with van der Waals surface area (Å²) in [6.07, 6.45) is 4.62. The molecule has 0 saturated carbocycles. The number of nitrogens with zero attached hydrogens (tertiary/aromatic N) is 1. The van der Waals surface area contributed by atoms with Gasteiger partial charge in [-0.3, -0.25) is 10.1 Å². The summed E-state index contributed by atoms with van der Waals surface area (Å²) >= 11 is 0. The first-order valence-corrected chi connectivity index (χ1v) is 4.56. The number of nitrogens with two attached hydrogens (primary N) is 1. The van der Waals surface area contributed by atoms with E-state index in [9.17, 15) is 10.1 Å². The second-order valence-corrected chi connectivity index (χ2v) is 3.12. The molecular weight excluding hydrogens is 200 g/mol. The van der Waals surface area contributed by atoms with Crippen LogP contribution in [0.4, 0.5) is 0 Å². The summed E-state index contributed by atoms with van der Waals surface area (Å²) in [4.78, 5) is 10.2. The molecule has 0 radical (unpaired) electrons. The Kier molecular flexibility index (Phi) is 4.26. The van der Waals surface area contributed by atoms with Gasteiger partial charge in [-0.2, -0.15) is 0 Å². The zero-order valence-corrected chi connectivity index (χ0v) is 8.46. The van der Waals surface area contributed by atoms with Gasteiger partial charge in [0.2, 0.25) is 0 Å². The van der Waals surface area contributed by atoms with Crippen LogP contribution in [0.1, 0.15) is 0 Å². The summed E-state index contributed by atoms with van der Waals surface area (Å²) in [5.74, 6) is 0.468. The zero-order valence-electron chi connectivity index (χ0n) is 8.46. The SMILES string of the molecule is COCCOC1=CC([N+](=O)[O-])C(N)C=C1. The molecule has 15 heavy (non-hydrogen) atoms. The highest BCUT2D eigenvalue weighted by atomic mass is 16.6. The lowest BCUT2D eigenvalue weighted by atomic mass is 10.0. The van der Waals surface area contributed by atoms with E-state index in [-0.39, 0.29) is 0 Å². The molecule has 6 heteroatoms. The van der Waals surface area contributed by atoms with Gasteiger partial charge in [-0.1, -0.05) is 6.08 Å². The van der Waals surface area contributed by atoms with Crippen LogP contribution in [0, 0.1) is 10.1 Å². The average Bonchev–Trinajstić information content (AvgIpc) is 2.20. The van der Waals surface area contributed by atoms with Gasteiger partial charge >= 0.3 is 0 Å². The highest BCUT2D eigenvalue weighted by Gasteiger charge is 2.27. The maximum atomic E-state index is 10.6.